The summed E-state index contributed by atoms with van der Waals surface area (Å²) < 4.78 is 1.28. The molecule has 0 N–H and O–H groups in total. The van der Waals surface area contributed by atoms with Crippen molar-refractivity contribution in [2.45, 2.75) is 26.3 Å². The van der Waals surface area contributed by atoms with Gasteiger partial charge in [0.25, 0.3) is 0 Å². The molecule has 2 rings (SSSR count). The van der Waals surface area contributed by atoms with E-state index in [4.69, 9.17) is 0 Å². The zero-order valence-electron chi connectivity index (χ0n) is 8.50. The third-order valence-corrected chi connectivity index (χ3v) is 4.92. The van der Waals surface area contributed by atoms with Gasteiger partial charge in [0.05, 0.1) is 0 Å². The molecule has 2 heterocycles. The van der Waals surface area contributed by atoms with Gasteiger partial charge in [0.15, 0.2) is 0 Å². The Labute approximate surface area is 98.2 Å². The van der Waals surface area contributed by atoms with E-state index in [9.17, 15) is 0 Å². The molecule has 1 unspecified atom stereocenters. The quantitative estimate of drug-likeness (QED) is 0.811. The number of likely N-dealkylation sites (tertiary alicyclic amines) is 1. The van der Waals surface area contributed by atoms with E-state index in [0.29, 0.717) is 0 Å². The maximum Gasteiger partial charge on any atom is 0.0339 e. The minimum Gasteiger partial charge on any atom is -0.298 e. The van der Waals surface area contributed by atoms with Gasteiger partial charge in [-0.15, -0.1) is 11.3 Å². The van der Waals surface area contributed by atoms with Crippen LogP contribution in [0.4, 0.5) is 0 Å². The molecule has 0 saturated carbocycles. The largest absolute Gasteiger partial charge is 0.298 e. The van der Waals surface area contributed by atoms with Crippen LogP contribution in [0.2, 0.25) is 0 Å². The summed E-state index contributed by atoms with van der Waals surface area (Å²) in [5.74, 6) is 0.939. The summed E-state index contributed by atoms with van der Waals surface area (Å²) in [5.41, 5.74) is 0. The van der Waals surface area contributed by atoms with Gasteiger partial charge in [-0.05, 0) is 46.3 Å². The highest BCUT2D eigenvalue weighted by molar-refractivity contribution is 9.10. The van der Waals surface area contributed by atoms with Crippen molar-refractivity contribution < 1.29 is 0 Å². The molecule has 3 heteroatoms. The fraction of sp³-hybridized carbons (Fsp3) is 0.636. The smallest absolute Gasteiger partial charge is 0.0339 e. The van der Waals surface area contributed by atoms with Crippen molar-refractivity contribution in [3.63, 3.8) is 0 Å². The van der Waals surface area contributed by atoms with Crippen LogP contribution >= 0.6 is 27.3 Å². The summed E-state index contributed by atoms with van der Waals surface area (Å²) in [4.78, 5) is 4.05. The van der Waals surface area contributed by atoms with E-state index in [1.54, 1.807) is 0 Å². The van der Waals surface area contributed by atoms with Crippen molar-refractivity contribution in [3.8, 4) is 0 Å². The van der Waals surface area contributed by atoms with Crippen molar-refractivity contribution in [2.24, 2.45) is 5.92 Å². The van der Waals surface area contributed by atoms with Crippen molar-refractivity contribution >= 4 is 27.3 Å². The topological polar surface area (TPSA) is 3.24 Å². The highest BCUT2D eigenvalue weighted by atomic mass is 79.9. The second kappa shape index (κ2) is 4.77. The van der Waals surface area contributed by atoms with Gasteiger partial charge in [-0.25, -0.2) is 0 Å². The van der Waals surface area contributed by atoms with E-state index in [1.807, 2.05) is 11.3 Å². The molecule has 0 aromatic carbocycles. The third kappa shape index (κ3) is 2.38. The molecular weight excluding hydrogens is 258 g/mol. The molecule has 78 valence electrons. The number of thiophene rings is 1. The van der Waals surface area contributed by atoms with E-state index in [0.717, 1.165) is 12.5 Å². The minimum atomic E-state index is 0.939. The Morgan fingerprint density at radius 2 is 2.50 bits per heavy atom. The van der Waals surface area contributed by atoms with Gasteiger partial charge in [-0.3, -0.25) is 4.90 Å². The van der Waals surface area contributed by atoms with Gasteiger partial charge in [0, 0.05) is 22.4 Å². The molecule has 0 spiro atoms. The number of hydrogen-bond donors (Lipinski definition) is 0. The zero-order valence-corrected chi connectivity index (χ0v) is 10.9. The molecule has 1 aromatic rings. The van der Waals surface area contributed by atoms with Crippen LogP contribution in [0, 0.1) is 5.92 Å². The molecule has 0 amide bonds. The lowest BCUT2D eigenvalue weighted by atomic mass is 10.1. The predicted octanol–water partition coefficient (Wildman–Crippen LogP) is 3.74. The Hall–Kier alpha value is 0.140. The van der Waals surface area contributed by atoms with Crippen LogP contribution in [-0.4, -0.2) is 18.0 Å². The van der Waals surface area contributed by atoms with Crippen LogP contribution in [0.15, 0.2) is 15.9 Å². The van der Waals surface area contributed by atoms with Crippen LogP contribution < -0.4 is 0 Å². The van der Waals surface area contributed by atoms with Crippen molar-refractivity contribution in [2.75, 3.05) is 13.1 Å². The molecular formula is C11H16BrNS. The molecule has 1 atom stereocenters. The standard InChI is InChI=1S/C11H16BrNS/c1-2-9-3-5-13(7-9)8-11-10(12)4-6-14-11/h4,6,9H,2-3,5,7-8H2,1H3. The number of nitrogens with zero attached hydrogens (tertiary/aromatic N) is 1. The van der Waals surface area contributed by atoms with Crippen molar-refractivity contribution in [3.05, 3.63) is 20.8 Å². The molecule has 0 bridgehead atoms. The summed E-state index contributed by atoms with van der Waals surface area (Å²) in [6.45, 7) is 6.01. The third-order valence-electron chi connectivity index (χ3n) is 3.01. The van der Waals surface area contributed by atoms with Crippen LogP contribution in [0.25, 0.3) is 0 Å². The molecule has 1 aliphatic rings. The zero-order chi connectivity index (χ0) is 9.97. The molecule has 1 saturated heterocycles. The van der Waals surface area contributed by atoms with Gasteiger partial charge in [0.2, 0.25) is 0 Å². The summed E-state index contributed by atoms with van der Waals surface area (Å²) >= 11 is 5.45. The Kier molecular flexibility index (Phi) is 3.63. The van der Waals surface area contributed by atoms with E-state index < -0.39 is 0 Å². The first-order chi connectivity index (χ1) is 6.79. The second-order valence-corrected chi connectivity index (χ2v) is 5.84. The summed E-state index contributed by atoms with van der Waals surface area (Å²) in [6.07, 6.45) is 2.72. The normalized spacial score (nSPS) is 23.1. The first kappa shape index (κ1) is 10.7. The second-order valence-electron chi connectivity index (χ2n) is 3.99. The summed E-state index contributed by atoms with van der Waals surface area (Å²) in [6, 6.07) is 2.15. The van der Waals surface area contributed by atoms with Crippen LogP contribution in [0.5, 0.6) is 0 Å². The SMILES string of the molecule is CCC1CCN(Cc2sccc2Br)C1. The lowest BCUT2D eigenvalue weighted by Crippen LogP contribution is -2.19. The Morgan fingerprint density at radius 3 is 3.07 bits per heavy atom. The highest BCUT2D eigenvalue weighted by Crippen LogP contribution is 2.27. The van der Waals surface area contributed by atoms with E-state index in [2.05, 4.69) is 39.2 Å². The fourth-order valence-corrected chi connectivity index (χ4v) is 3.55. The lowest BCUT2D eigenvalue weighted by molar-refractivity contribution is 0.317. The Morgan fingerprint density at radius 1 is 1.64 bits per heavy atom. The lowest BCUT2D eigenvalue weighted by Gasteiger charge is -2.14. The average molecular weight is 274 g/mol. The summed E-state index contributed by atoms with van der Waals surface area (Å²) in [5, 5.41) is 2.16. The van der Waals surface area contributed by atoms with E-state index in [1.165, 1.54) is 35.3 Å². The Balaban J connectivity index is 1.90. The van der Waals surface area contributed by atoms with E-state index in [-0.39, 0.29) is 0 Å². The van der Waals surface area contributed by atoms with Gasteiger partial charge in [0.1, 0.15) is 0 Å². The molecule has 0 radical (unpaired) electrons. The van der Waals surface area contributed by atoms with Crippen molar-refractivity contribution in [1.29, 1.82) is 0 Å². The molecule has 1 aliphatic heterocycles. The van der Waals surface area contributed by atoms with Crippen molar-refractivity contribution in [1.82, 2.24) is 4.90 Å². The molecule has 1 nitrogen and oxygen atoms in total. The van der Waals surface area contributed by atoms with Crippen LogP contribution in [0.3, 0.4) is 0 Å². The van der Waals surface area contributed by atoms with Gasteiger partial charge < -0.3 is 0 Å². The minimum absolute atomic E-state index is 0.939. The molecule has 0 aliphatic carbocycles. The monoisotopic (exact) mass is 273 g/mol. The predicted molar refractivity (Wildman–Crippen MR) is 65.7 cm³/mol. The Bertz CT molecular complexity index is 297. The summed E-state index contributed by atoms with van der Waals surface area (Å²) in [7, 11) is 0. The van der Waals surface area contributed by atoms with Gasteiger partial charge >= 0.3 is 0 Å². The maximum atomic E-state index is 3.59. The molecule has 14 heavy (non-hydrogen) atoms. The first-order valence-electron chi connectivity index (χ1n) is 5.23. The molecule has 1 fully saturated rings. The number of hydrogen-bond acceptors (Lipinski definition) is 2. The van der Waals surface area contributed by atoms with Crippen LogP contribution in [0.1, 0.15) is 24.6 Å². The first-order valence-corrected chi connectivity index (χ1v) is 6.91. The van der Waals surface area contributed by atoms with Gasteiger partial charge in [-0.2, -0.15) is 0 Å². The fourth-order valence-electron chi connectivity index (χ4n) is 2.03. The number of rotatable bonds is 3. The van der Waals surface area contributed by atoms with Crippen LogP contribution in [-0.2, 0) is 6.54 Å². The average Bonchev–Trinajstić information content (AvgIpc) is 2.77. The maximum absolute atomic E-state index is 3.59. The van der Waals surface area contributed by atoms with E-state index >= 15 is 0 Å². The van der Waals surface area contributed by atoms with Gasteiger partial charge in [-0.1, -0.05) is 13.3 Å². The number of halogens is 1. The molecule has 1 aromatic heterocycles. The highest BCUT2D eigenvalue weighted by Gasteiger charge is 2.21.